The fourth-order valence-corrected chi connectivity index (χ4v) is 5.84. The number of anilines is 1. The van der Waals surface area contributed by atoms with Gasteiger partial charge in [-0.15, -0.1) is 0 Å². The third-order valence-electron chi connectivity index (χ3n) is 8.09. The van der Waals surface area contributed by atoms with Gasteiger partial charge in [0.05, 0.1) is 26.8 Å². The minimum absolute atomic E-state index is 0.00378. The highest BCUT2D eigenvalue weighted by Crippen LogP contribution is 2.33. The molecule has 3 aromatic carbocycles. The first-order valence-corrected chi connectivity index (χ1v) is 14.0. The Labute approximate surface area is 240 Å². The molecule has 1 saturated heterocycles. The summed E-state index contributed by atoms with van der Waals surface area (Å²) in [6.45, 7) is 4.40. The molecule has 1 fully saturated rings. The van der Waals surface area contributed by atoms with Gasteiger partial charge in [0.2, 0.25) is 0 Å². The molecule has 0 radical (unpaired) electrons. The van der Waals surface area contributed by atoms with E-state index in [0.29, 0.717) is 44.0 Å². The number of methoxy groups -OCH3 is 1. The van der Waals surface area contributed by atoms with Gasteiger partial charge in [-0.05, 0) is 47.5 Å². The van der Waals surface area contributed by atoms with Gasteiger partial charge in [0.1, 0.15) is 11.4 Å². The number of β-amino-alcohol motifs (C(OH)–C–C–N with tert-alkyl or cyclic N) is 1. The van der Waals surface area contributed by atoms with Crippen molar-refractivity contribution in [2.24, 2.45) is 0 Å². The minimum Gasteiger partial charge on any atom is -0.496 e. The largest absolute Gasteiger partial charge is 0.496 e. The van der Waals surface area contributed by atoms with Crippen LogP contribution in [0.3, 0.4) is 0 Å². The smallest absolute Gasteiger partial charge is 0.270 e. The number of aromatic nitrogens is 1. The molecule has 41 heavy (non-hydrogen) atoms. The van der Waals surface area contributed by atoms with Gasteiger partial charge in [0.25, 0.3) is 11.8 Å². The number of ether oxygens (including phenoxy) is 1. The number of aliphatic hydroxyl groups is 1. The van der Waals surface area contributed by atoms with E-state index >= 15 is 0 Å². The Morgan fingerprint density at radius 2 is 1.54 bits per heavy atom. The summed E-state index contributed by atoms with van der Waals surface area (Å²) in [5.41, 5.74) is 5.94. The highest BCUT2D eigenvalue weighted by Gasteiger charge is 2.29. The van der Waals surface area contributed by atoms with Gasteiger partial charge in [0, 0.05) is 55.2 Å². The van der Waals surface area contributed by atoms with E-state index in [0.717, 1.165) is 46.9 Å². The Hall–Kier alpha value is -4.40. The summed E-state index contributed by atoms with van der Waals surface area (Å²) < 4.78 is 7.57. The highest BCUT2D eigenvalue weighted by molar-refractivity contribution is 6.07. The summed E-state index contributed by atoms with van der Waals surface area (Å²) in [4.78, 5) is 33.4. The number of hydrogen-bond acceptors (Lipinski definition) is 5. The van der Waals surface area contributed by atoms with Crippen molar-refractivity contribution in [1.29, 1.82) is 0 Å². The second-order valence-electron chi connectivity index (χ2n) is 10.5. The number of para-hydroxylation sites is 2. The number of rotatable bonds is 6. The van der Waals surface area contributed by atoms with Crippen molar-refractivity contribution in [3.8, 4) is 16.9 Å². The van der Waals surface area contributed by atoms with Crippen molar-refractivity contribution in [2.75, 3.05) is 51.3 Å². The molecule has 0 bridgehead atoms. The number of amides is 2. The molecular formula is C33H34N4O4. The summed E-state index contributed by atoms with van der Waals surface area (Å²) in [6.07, 6.45) is 0. The Morgan fingerprint density at radius 1 is 0.805 bits per heavy atom. The van der Waals surface area contributed by atoms with Crippen molar-refractivity contribution in [3.63, 3.8) is 0 Å². The first kappa shape index (κ1) is 26.8. The van der Waals surface area contributed by atoms with E-state index in [1.807, 2.05) is 94.7 Å². The van der Waals surface area contributed by atoms with Crippen LogP contribution in [-0.4, -0.2) is 77.7 Å². The van der Waals surface area contributed by atoms with Crippen LogP contribution in [0.2, 0.25) is 0 Å². The normalized spacial score (nSPS) is 15.2. The summed E-state index contributed by atoms with van der Waals surface area (Å²) in [7, 11) is 1.65. The van der Waals surface area contributed by atoms with Crippen LogP contribution in [-0.2, 0) is 13.1 Å². The molecule has 8 heteroatoms. The highest BCUT2D eigenvalue weighted by atomic mass is 16.5. The molecule has 1 N–H and O–H groups in total. The van der Waals surface area contributed by atoms with E-state index in [2.05, 4.69) is 9.47 Å². The average Bonchev–Trinajstić information content (AvgIpc) is 3.33. The van der Waals surface area contributed by atoms with Crippen molar-refractivity contribution < 1.29 is 19.4 Å². The fourth-order valence-electron chi connectivity index (χ4n) is 5.84. The SMILES string of the molecule is COc1ccccc1-c1ccc(C(=O)N2Cc3ccc(C(=O)N4CCN(CCO)CC4)n3Cc3ccccc32)cc1. The van der Waals surface area contributed by atoms with Gasteiger partial charge in [-0.1, -0.05) is 48.5 Å². The zero-order valence-corrected chi connectivity index (χ0v) is 23.2. The molecule has 2 amide bonds. The van der Waals surface area contributed by atoms with Crippen molar-refractivity contribution in [1.82, 2.24) is 14.4 Å². The van der Waals surface area contributed by atoms with E-state index < -0.39 is 0 Å². The van der Waals surface area contributed by atoms with Gasteiger partial charge in [-0.25, -0.2) is 0 Å². The van der Waals surface area contributed by atoms with Gasteiger partial charge < -0.3 is 24.2 Å². The van der Waals surface area contributed by atoms with Gasteiger partial charge in [-0.2, -0.15) is 0 Å². The molecule has 3 heterocycles. The quantitative estimate of drug-likeness (QED) is 0.391. The first-order valence-electron chi connectivity index (χ1n) is 14.0. The number of nitrogens with zero attached hydrogens (tertiary/aromatic N) is 4. The Bertz CT molecular complexity index is 1550. The second-order valence-corrected chi connectivity index (χ2v) is 10.5. The monoisotopic (exact) mass is 550 g/mol. The Balaban J connectivity index is 1.27. The number of benzene rings is 3. The zero-order chi connectivity index (χ0) is 28.3. The standard InChI is InChI=1S/C33H34N4O4/c1-41-31-9-5-3-7-28(31)24-10-12-25(13-11-24)32(39)37-23-27-14-15-30(36(27)22-26-6-2-4-8-29(26)37)33(40)35-18-16-34(17-19-35)20-21-38/h2-15,38H,16-23H2,1H3. The first-order chi connectivity index (χ1) is 20.1. The zero-order valence-electron chi connectivity index (χ0n) is 23.2. The lowest BCUT2D eigenvalue weighted by Gasteiger charge is -2.34. The van der Waals surface area contributed by atoms with Crippen LogP contribution in [0.1, 0.15) is 32.1 Å². The summed E-state index contributed by atoms with van der Waals surface area (Å²) in [6, 6.07) is 27.2. The topological polar surface area (TPSA) is 78.2 Å². The predicted octanol–water partition coefficient (Wildman–Crippen LogP) is 4.12. The third-order valence-corrected chi connectivity index (χ3v) is 8.09. The minimum atomic E-state index is -0.0911. The third kappa shape index (κ3) is 5.24. The van der Waals surface area contributed by atoms with Crippen LogP contribution >= 0.6 is 0 Å². The fraction of sp³-hybridized carbons (Fsp3) is 0.273. The number of aliphatic hydroxyl groups excluding tert-OH is 1. The molecule has 2 aliphatic rings. The van der Waals surface area contributed by atoms with Crippen LogP contribution in [0.25, 0.3) is 11.1 Å². The molecule has 0 atom stereocenters. The molecular weight excluding hydrogens is 516 g/mol. The molecule has 0 unspecified atom stereocenters. The van der Waals surface area contributed by atoms with E-state index in [1.54, 1.807) is 7.11 Å². The van der Waals surface area contributed by atoms with Gasteiger partial charge >= 0.3 is 0 Å². The van der Waals surface area contributed by atoms with Crippen molar-refractivity contribution >= 4 is 17.5 Å². The lowest BCUT2D eigenvalue weighted by atomic mass is 10.0. The maximum Gasteiger partial charge on any atom is 0.270 e. The lowest BCUT2D eigenvalue weighted by Crippen LogP contribution is -2.49. The van der Waals surface area contributed by atoms with E-state index in [4.69, 9.17) is 4.74 Å². The number of carbonyl (C=O) groups is 2. The number of piperazine rings is 1. The van der Waals surface area contributed by atoms with Crippen molar-refractivity contribution in [2.45, 2.75) is 13.1 Å². The maximum absolute atomic E-state index is 14.0. The molecule has 4 aromatic rings. The second kappa shape index (κ2) is 11.6. The number of carbonyl (C=O) groups excluding carboxylic acids is 2. The molecule has 0 spiro atoms. The van der Waals surface area contributed by atoms with Crippen LogP contribution in [0.15, 0.2) is 84.9 Å². The number of fused-ring (bicyclic) bond motifs is 2. The van der Waals surface area contributed by atoms with E-state index in [-0.39, 0.29) is 18.4 Å². The number of hydrogen-bond donors (Lipinski definition) is 1. The average molecular weight is 551 g/mol. The van der Waals surface area contributed by atoms with Crippen molar-refractivity contribution in [3.05, 3.63) is 107 Å². The van der Waals surface area contributed by atoms with Gasteiger partial charge in [-0.3, -0.25) is 14.5 Å². The molecule has 8 nitrogen and oxygen atoms in total. The molecule has 6 rings (SSSR count). The molecule has 210 valence electrons. The van der Waals surface area contributed by atoms with Crippen LogP contribution in [0, 0.1) is 0 Å². The Morgan fingerprint density at radius 3 is 2.29 bits per heavy atom. The maximum atomic E-state index is 14.0. The summed E-state index contributed by atoms with van der Waals surface area (Å²) in [5.74, 6) is 0.696. The van der Waals surface area contributed by atoms with Crippen LogP contribution in [0.4, 0.5) is 5.69 Å². The summed E-state index contributed by atoms with van der Waals surface area (Å²) >= 11 is 0. The van der Waals surface area contributed by atoms with Crippen LogP contribution < -0.4 is 9.64 Å². The molecule has 2 aliphatic heterocycles. The summed E-state index contributed by atoms with van der Waals surface area (Å²) in [5, 5.41) is 9.24. The van der Waals surface area contributed by atoms with Gasteiger partial charge in [0.15, 0.2) is 0 Å². The lowest BCUT2D eigenvalue weighted by molar-refractivity contribution is 0.0605. The molecule has 0 saturated carbocycles. The van der Waals surface area contributed by atoms with E-state index in [9.17, 15) is 14.7 Å². The Kier molecular flexibility index (Phi) is 7.59. The van der Waals surface area contributed by atoms with Crippen LogP contribution in [0.5, 0.6) is 5.75 Å². The predicted molar refractivity (Wildman–Crippen MR) is 158 cm³/mol. The van der Waals surface area contributed by atoms with E-state index in [1.165, 1.54) is 0 Å². The molecule has 1 aromatic heterocycles. The molecule has 0 aliphatic carbocycles.